The van der Waals surface area contributed by atoms with E-state index in [1.54, 1.807) is 40.0 Å². The zero-order chi connectivity index (χ0) is 75.9. The molecule has 552 valence electrons. The van der Waals surface area contributed by atoms with Gasteiger partial charge in [0.05, 0.1) is 62.3 Å². The molecule has 0 fully saturated rings. The summed E-state index contributed by atoms with van der Waals surface area (Å²) in [6.07, 6.45) is 9.98. The van der Waals surface area contributed by atoms with E-state index < -0.39 is 132 Å². The third-order valence-electron chi connectivity index (χ3n) is 12.9. The molecule has 1 amide bonds. The van der Waals surface area contributed by atoms with Gasteiger partial charge in [-0.25, -0.2) is 79.8 Å². The van der Waals surface area contributed by atoms with Gasteiger partial charge in [-0.05, 0) is 57.2 Å². The van der Waals surface area contributed by atoms with E-state index in [1.165, 1.54) is 97.3 Å². The highest BCUT2D eigenvalue weighted by molar-refractivity contribution is 8.13. The number of rotatable bonds is 18. The number of benzene rings is 2. The molecule has 2 aliphatic rings. The number of nitrogen functional groups attached to an aromatic ring is 1. The topological polar surface area (TPSA) is 459 Å². The van der Waals surface area contributed by atoms with Crippen molar-refractivity contribution in [3.63, 3.8) is 0 Å². The van der Waals surface area contributed by atoms with Crippen molar-refractivity contribution in [3.05, 3.63) is 169 Å². The second-order valence-corrected chi connectivity index (χ2v) is 27.7. The van der Waals surface area contributed by atoms with E-state index in [0.29, 0.717) is 5.69 Å². The summed E-state index contributed by atoms with van der Waals surface area (Å²) in [6, 6.07) is 8.39. The first-order chi connectivity index (χ1) is 46.8. The summed E-state index contributed by atoms with van der Waals surface area (Å²) in [5.41, 5.74) is 9.83. The lowest BCUT2D eigenvalue weighted by Crippen LogP contribution is -2.36. The summed E-state index contributed by atoms with van der Waals surface area (Å²) in [4.78, 5) is 45.8. The number of ether oxygens (including phenoxy) is 5. The molecule has 41 heteroatoms. The SMILES string of the molecule is C=C[C@@H](CO)NS(=O)(=O)c1cn(C)c(C(=O)OCC)c1F.C=C[C@H](N)CO.C=C[C@H]1COc2c(cn(C)c2C(=O)Nc2ccc(F)c(C#N)c2)S(=O)(=O)N1.C=C[C@H]1COc2c(cn(C)c2C(=O)OCC)S(=O)(=O)N1.CCOC(=O)c1c(F)c(S(=O)(=O)Cl)cn1C.Cl.N#Cc1cc(N)ccc1F. The van der Waals surface area contributed by atoms with Crippen LogP contribution in [0.15, 0.2) is 131 Å². The van der Waals surface area contributed by atoms with E-state index in [1.807, 2.05) is 0 Å². The van der Waals surface area contributed by atoms with E-state index in [9.17, 15) is 70.4 Å². The molecule has 101 heavy (non-hydrogen) atoms. The molecule has 0 bridgehead atoms. The van der Waals surface area contributed by atoms with Crippen LogP contribution < -0.4 is 40.4 Å². The van der Waals surface area contributed by atoms with Crippen molar-refractivity contribution >= 4 is 97.4 Å². The number of aliphatic hydroxyl groups is 2. The molecule has 10 N–H and O–H groups in total. The number of aryl methyl sites for hydroxylation is 4. The van der Waals surface area contributed by atoms with Crippen LogP contribution in [0.4, 0.5) is 28.9 Å². The fourth-order valence-electron chi connectivity index (χ4n) is 8.05. The van der Waals surface area contributed by atoms with Crippen molar-refractivity contribution in [2.75, 3.05) is 57.3 Å². The third-order valence-corrected chi connectivity index (χ3v) is 18.6. The molecule has 0 radical (unpaired) electrons. The predicted molar refractivity (Wildman–Crippen MR) is 361 cm³/mol. The maximum atomic E-state index is 14.2. The van der Waals surface area contributed by atoms with Crippen LogP contribution in [0.2, 0.25) is 0 Å². The molecule has 0 spiro atoms. The quantitative estimate of drug-likeness (QED) is 0.0146. The largest absolute Gasteiger partial charge is 0.488 e. The molecule has 0 unspecified atom stereocenters. The Bertz CT molecular complexity index is 4590. The van der Waals surface area contributed by atoms with Crippen molar-refractivity contribution in [2.24, 2.45) is 33.9 Å². The number of nitriles is 2. The Labute approximate surface area is 589 Å². The monoisotopic (exact) mass is 1540 g/mol. The van der Waals surface area contributed by atoms with Gasteiger partial charge in [0.25, 0.3) is 15.0 Å². The molecule has 6 aromatic rings. The first-order valence-electron chi connectivity index (χ1n) is 28.6. The minimum absolute atomic E-state index is 0. The van der Waals surface area contributed by atoms with Gasteiger partial charge in [-0.3, -0.25) is 4.79 Å². The van der Waals surface area contributed by atoms with E-state index >= 15 is 0 Å². The van der Waals surface area contributed by atoms with Gasteiger partial charge in [-0.1, -0.05) is 24.3 Å². The molecule has 31 nitrogen and oxygen atoms in total. The fourth-order valence-corrected chi connectivity index (χ4v) is 13.1. The lowest BCUT2D eigenvalue weighted by molar-refractivity contribution is 0.0499. The van der Waals surface area contributed by atoms with Crippen molar-refractivity contribution in [1.29, 1.82) is 10.5 Å². The number of fused-ring (bicyclic) bond motifs is 2. The standard InChI is InChI=1S/C17H15FN4O4S.C12H17FN2O5S.C12H16N2O5S.C8H9ClFNO4S.C7H5FN2.C4H9NO.ClH/c1-3-11-9-26-16-14(27(24,25)21-11)8-22(2)15(16)17(23)20-12-4-5-13(18)10(6-12)7-19;1-4-8(7-16)14-21(18,19)9-6-15(3)11(10(9)13)12(17)20-5-2;1-4-8-7-19-11-9(20(16,17)13-8)6-14(3)10(11)12(15)18-5-2;1-3-15-8(12)7-6(10)5(4-11(7)2)16(9,13)14;8-7-2-1-6(10)3-5(7)4-9;1-2-4(5)3-6;/h3-6,8,11,21H,1,9H2,2H3,(H,20,23);4,6,8,14,16H,1,5,7H2,2-3H3;4,6,8,13H,1,5,7H2,2-3H3;4H,3H2,1-2H3;1-3H,10H2;2,4,6H,1,3,5H2;1H/t11-;2*8-;;;4-;/m000..0./s1. The summed E-state index contributed by atoms with van der Waals surface area (Å²) >= 11 is 0. The number of aliphatic hydroxyl groups excluding tert-OH is 2. The number of hydrogen-bond acceptors (Lipinski definition) is 23. The van der Waals surface area contributed by atoms with Crippen molar-refractivity contribution < 1.29 is 104 Å². The zero-order valence-corrected chi connectivity index (χ0v) is 59.6. The molecule has 4 atom stereocenters. The molecular formula is C60H72Cl2F4N12O19S4. The summed E-state index contributed by atoms with van der Waals surface area (Å²) in [7, 11) is -5.43. The summed E-state index contributed by atoms with van der Waals surface area (Å²) < 4.78 is 186. The number of aromatic nitrogens is 4. The smallest absolute Gasteiger partial charge is 0.358 e. The van der Waals surface area contributed by atoms with Gasteiger partial charge in [-0.15, -0.1) is 38.7 Å². The molecule has 8 rings (SSSR count). The Balaban J connectivity index is 0.000000430. The Hall–Kier alpha value is -9.36. The Morgan fingerprint density at radius 2 is 1.09 bits per heavy atom. The highest BCUT2D eigenvalue weighted by Crippen LogP contribution is 2.35. The normalized spacial score (nSPS) is 15.0. The second-order valence-electron chi connectivity index (χ2n) is 20.1. The number of carbonyl (C=O) groups excluding carboxylic acids is 4. The maximum absolute atomic E-state index is 14.2. The van der Waals surface area contributed by atoms with E-state index in [-0.39, 0.29) is 108 Å². The van der Waals surface area contributed by atoms with Crippen LogP contribution in [0.25, 0.3) is 0 Å². The molecule has 2 aromatic carbocycles. The van der Waals surface area contributed by atoms with E-state index in [0.717, 1.165) is 27.6 Å². The molecular weight excluding hydrogens is 1470 g/mol. The Kier molecular flexibility index (Phi) is 33.9. The van der Waals surface area contributed by atoms with Gasteiger partial charge >= 0.3 is 17.9 Å². The number of sulfonamides is 3. The number of nitrogens with zero attached hydrogens (tertiary/aromatic N) is 6. The van der Waals surface area contributed by atoms with Crippen LogP contribution in [-0.2, 0) is 81.5 Å². The minimum atomic E-state index is -4.25. The van der Waals surface area contributed by atoms with Gasteiger partial charge in [0.1, 0.15) is 56.6 Å². The lowest BCUT2D eigenvalue weighted by Gasteiger charge is -2.12. The summed E-state index contributed by atoms with van der Waals surface area (Å²) in [5, 5.41) is 36.8. The number of esters is 3. The van der Waals surface area contributed by atoms with Crippen LogP contribution in [0, 0.1) is 45.9 Å². The molecule has 0 aliphatic carbocycles. The van der Waals surface area contributed by atoms with Gasteiger partial charge in [-0.2, -0.15) is 10.5 Å². The van der Waals surface area contributed by atoms with Crippen LogP contribution in [0.5, 0.6) is 11.5 Å². The maximum Gasteiger partial charge on any atom is 0.358 e. The average Bonchev–Trinajstić information content (AvgIpc) is 1.63. The number of amides is 1. The Morgan fingerprint density at radius 1 is 0.683 bits per heavy atom. The van der Waals surface area contributed by atoms with Crippen LogP contribution >= 0.6 is 23.1 Å². The van der Waals surface area contributed by atoms with Crippen molar-refractivity contribution in [2.45, 2.75) is 64.5 Å². The molecule has 0 saturated carbocycles. The summed E-state index contributed by atoms with van der Waals surface area (Å²) in [6.45, 7) is 18.3. The minimum Gasteiger partial charge on any atom is -0.488 e. The zero-order valence-electron chi connectivity index (χ0n) is 54.8. The van der Waals surface area contributed by atoms with Crippen LogP contribution in [-0.4, -0.2) is 156 Å². The van der Waals surface area contributed by atoms with Crippen LogP contribution in [0.1, 0.15) is 73.9 Å². The third kappa shape index (κ3) is 23.4. The van der Waals surface area contributed by atoms with Crippen molar-refractivity contribution in [1.82, 2.24) is 32.4 Å². The molecule has 2 aliphatic heterocycles. The number of nitrogens with one attached hydrogen (secondary N) is 4. The highest BCUT2D eigenvalue weighted by atomic mass is 35.7. The van der Waals surface area contributed by atoms with Gasteiger partial charge in [0, 0.05) is 81.1 Å². The molecule has 6 heterocycles. The van der Waals surface area contributed by atoms with Crippen molar-refractivity contribution in [3.8, 4) is 23.6 Å². The fraction of sp³-hybridized carbons (Fsp3) is 0.300. The molecule has 0 saturated heterocycles. The average molecular weight is 1540 g/mol. The predicted octanol–water partition coefficient (Wildman–Crippen LogP) is 4.57. The number of carbonyl (C=O) groups is 4. The van der Waals surface area contributed by atoms with Gasteiger partial charge in [0.2, 0.25) is 30.1 Å². The number of nitrogens with two attached hydrogens (primary N) is 2. The summed E-state index contributed by atoms with van der Waals surface area (Å²) in [5.74, 6) is -6.89. The first-order valence-corrected chi connectivity index (χ1v) is 35.3. The first kappa shape index (κ1) is 87.7. The van der Waals surface area contributed by atoms with Gasteiger partial charge in [0.15, 0.2) is 45.9 Å². The van der Waals surface area contributed by atoms with E-state index in [2.05, 4.69) is 55.3 Å². The van der Waals surface area contributed by atoms with Crippen LogP contribution in [0.3, 0.4) is 0 Å². The number of anilines is 2. The van der Waals surface area contributed by atoms with E-state index in [4.69, 9.17) is 57.1 Å². The molecule has 4 aromatic heterocycles. The Morgan fingerprint density at radius 3 is 1.47 bits per heavy atom. The number of hydrogen-bond donors (Lipinski definition) is 8. The second kappa shape index (κ2) is 39.0. The highest BCUT2D eigenvalue weighted by Gasteiger charge is 2.37. The lowest BCUT2D eigenvalue weighted by atomic mass is 10.2. The number of halogens is 6. The van der Waals surface area contributed by atoms with Gasteiger partial charge < -0.3 is 68.9 Å².